The SMILES string of the molecule is CC(C)C1CN(C2CCN(C)CC2)CCCN1. The standard InChI is InChI=1S/C14H29N3/c1-12(2)14-11-17(8-4-7-15-14)13-5-9-16(3)10-6-13/h12-15H,4-11H2,1-3H3. The summed E-state index contributed by atoms with van der Waals surface area (Å²) in [5.74, 6) is 0.752. The van der Waals surface area contributed by atoms with Gasteiger partial charge in [-0.1, -0.05) is 13.8 Å². The molecule has 0 radical (unpaired) electrons. The Morgan fingerprint density at radius 1 is 1.12 bits per heavy atom. The van der Waals surface area contributed by atoms with Crippen molar-refractivity contribution in [1.82, 2.24) is 15.1 Å². The molecular weight excluding hydrogens is 210 g/mol. The largest absolute Gasteiger partial charge is 0.312 e. The van der Waals surface area contributed by atoms with Crippen molar-refractivity contribution >= 4 is 0 Å². The monoisotopic (exact) mass is 239 g/mol. The lowest BCUT2D eigenvalue weighted by Gasteiger charge is -2.38. The summed E-state index contributed by atoms with van der Waals surface area (Å²) in [6.45, 7) is 11.0. The summed E-state index contributed by atoms with van der Waals surface area (Å²) in [4.78, 5) is 5.23. The van der Waals surface area contributed by atoms with Crippen LogP contribution >= 0.6 is 0 Å². The molecule has 1 unspecified atom stereocenters. The summed E-state index contributed by atoms with van der Waals surface area (Å²) in [5, 5.41) is 3.71. The number of piperidine rings is 1. The van der Waals surface area contributed by atoms with Crippen molar-refractivity contribution in [3.05, 3.63) is 0 Å². The van der Waals surface area contributed by atoms with E-state index >= 15 is 0 Å². The first-order valence-electron chi connectivity index (χ1n) is 7.33. The maximum atomic E-state index is 3.71. The van der Waals surface area contributed by atoms with E-state index in [1.54, 1.807) is 0 Å². The second-order valence-electron chi connectivity index (χ2n) is 6.19. The average Bonchev–Trinajstić information content (AvgIpc) is 2.55. The van der Waals surface area contributed by atoms with Crippen LogP contribution in [0.2, 0.25) is 0 Å². The molecule has 0 saturated carbocycles. The van der Waals surface area contributed by atoms with Gasteiger partial charge in [0.25, 0.3) is 0 Å². The maximum Gasteiger partial charge on any atom is 0.0218 e. The van der Waals surface area contributed by atoms with Gasteiger partial charge < -0.3 is 10.2 Å². The van der Waals surface area contributed by atoms with Crippen molar-refractivity contribution in [2.75, 3.05) is 39.8 Å². The second kappa shape index (κ2) is 6.17. The van der Waals surface area contributed by atoms with E-state index in [2.05, 4.69) is 36.0 Å². The van der Waals surface area contributed by atoms with E-state index < -0.39 is 0 Å². The van der Waals surface area contributed by atoms with Gasteiger partial charge in [-0.3, -0.25) is 4.90 Å². The molecule has 0 amide bonds. The second-order valence-corrected chi connectivity index (χ2v) is 6.19. The van der Waals surface area contributed by atoms with Crippen LogP contribution < -0.4 is 5.32 Å². The molecule has 0 aliphatic carbocycles. The van der Waals surface area contributed by atoms with Gasteiger partial charge >= 0.3 is 0 Å². The van der Waals surface area contributed by atoms with E-state index in [0.717, 1.165) is 12.0 Å². The van der Waals surface area contributed by atoms with Crippen LogP contribution in [0.25, 0.3) is 0 Å². The number of hydrogen-bond acceptors (Lipinski definition) is 3. The van der Waals surface area contributed by atoms with E-state index in [9.17, 15) is 0 Å². The van der Waals surface area contributed by atoms with Gasteiger partial charge in [0.2, 0.25) is 0 Å². The Morgan fingerprint density at radius 3 is 2.47 bits per heavy atom. The van der Waals surface area contributed by atoms with E-state index in [0.29, 0.717) is 6.04 Å². The molecule has 2 saturated heterocycles. The van der Waals surface area contributed by atoms with E-state index in [-0.39, 0.29) is 0 Å². The van der Waals surface area contributed by atoms with Gasteiger partial charge in [0.15, 0.2) is 0 Å². The third-order valence-electron chi connectivity index (χ3n) is 4.47. The minimum Gasteiger partial charge on any atom is -0.312 e. The lowest BCUT2D eigenvalue weighted by molar-refractivity contribution is 0.114. The highest BCUT2D eigenvalue weighted by Gasteiger charge is 2.27. The molecule has 2 fully saturated rings. The van der Waals surface area contributed by atoms with Gasteiger partial charge in [0.1, 0.15) is 0 Å². The number of hydrogen-bond donors (Lipinski definition) is 1. The maximum absolute atomic E-state index is 3.71. The van der Waals surface area contributed by atoms with Gasteiger partial charge in [-0.05, 0) is 58.4 Å². The van der Waals surface area contributed by atoms with Gasteiger partial charge in [-0.15, -0.1) is 0 Å². The molecule has 0 bridgehead atoms. The first-order valence-corrected chi connectivity index (χ1v) is 7.33. The predicted octanol–water partition coefficient (Wildman–Crippen LogP) is 1.40. The van der Waals surface area contributed by atoms with Crippen molar-refractivity contribution in [2.45, 2.75) is 45.2 Å². The van der Waals surface area contributed by atoms with Crippen molar-refractivity contribution < 1.29 is 0 Å². The molecule has 0 spiro atoms. The fourth-order valence-electron chi connectivity index (χ4n) is 3.12. The Bertz CT molecular complexity index is 222. The summed E-state index contributed by atoms with van der Waals surface area (Å²) in [6.07, 6.45) is 4.04. The Balaban J connectivity index is 1.90. The fourth-order valence-corrected chi connectivity index (χ4v) is 3.12. The lowest BCUT2D eigenvalue weighted by Crippen LogP contribution is -2.48. The summed E-state index contributed by atoms with van der Waals surface area (Å²) in [5.41, 5.74) is 0. The van der Waals surface area contributed by atoms with Gasteiger partial charge in [-0.2, -0.15) is 0 Å². The Kier molecular flexibility index (Phi) is 4.83. The molecule has 1 atom stereocenters. The molecule has 17 heavy (non-hydrogen) atoms. The van der Waals surface area contributed by atoms with E-state index in [1.165, 1.54) is 52.0 Å². The number of nitrogens with one attached hydrogen (secondary N) is 1. The molecule has 0 aromatic heterocycles. The zero-order chi connectivity index (χ0) is 12.3. The van der Waals surface area contributed by atoms with Crippen molar-refractivity contribution in [1.29, 1.82) is 0 Å². The first kappa shape index (κ1) is 13.3. The molecule has 2 rings (SSSR count). The van der Waals surface area contributed by atoms with E-state index in [4.69, 9.17) is 0 Å². The van der Waals surface area contributed by atoms with Crippen LogP contribution in [-0.4, -0.2) is 61.7 Å². The van der Waals surface area contributed by atoms with Crippen LogP contribution in [0.15, 0.2) is 0 Å². The summed E-state index contributed by atoms with van der Waals surface area (Å²) < 4.78 is 0. The molecule has 1 N–H and O–H groups in total. The number of nitrogens with zero attached hydrogens (tertiary/aromatic N) is 2. The molecule has 100 valence electrons. The number of rotatable bonds is 2. The first-order chi connectivity index (χ1) is 8.16. The average molecular weight is 239 g/mol. The Hall–Kier alpha value is -0.120. The molecule has 3 heteroatoms. The highest BCUT2D eigenvalue weighted by molar-refractivity contribution is 4.85. The van der Waals surface area contributed by atoms with Gasteiger partial charge in [0, 0.05) is 18.6 Å². The van der Waals surface area contributed by atoms with Gasteiger partial charge in [-0.25, -0.2) is 0 Å². The van der Waals surface area contributed by atoms with Crippen LogP contribution in [0.1, 0.15) is 33.1 Å². The van der Waals surface area contributed by atoms with Crippen LogP contribution in [-0.2, 0) is 0 Å². The minimum absolute atomic E-state index is 0.692. The molecule has 3 nitrogen and oxygen atoms in total. The molecule has 2 aliphatic rings. The quantitative estimate of drug-likeness (QED) is 0.786. The minimum atomic E-state index is 0.692. The Labute approximate surface area is 107 Å². The zero-order valence-electron chi connectivity index (χ0n) is 11.8. The van der Waals surface area contributed by atoms with E-state index in [1.807, 2.05) is 0 Å². The van der Waals surface area contributed by atoms with Crippen molar-refractivity contribution in [3.8, 4) is 0 Å². The zero-order valence-corrected chi connectivity index (χ0v) is 11.8. The predicted molar refractivity (Wildman–Crippen MR) is 73.3 cm³/mol. The smallest absolute Gasteiger partial charge is 0.0218 e. The van der Waals surface area contributed by atoms with Gasteiger partial charge in [0.05, 0.1) is 0 Å². The highest BCUT2D eigenvalue weighted by Crippen LogP contribution is 2.19. The van der Waals surface area contributed by atoms with Crippen LogP contribution in [0.4, 0.5) is 0 Å². The fraction of sp³-hybridized carbons (Fsp3) is 1.00. The topological polar surface area (TPSA) is 18.5 Å². The summed E-state index contributed by atoms with van der Waals surface area (Å²) in [7, 11) is 2.25. The molecule has 2 heterocycles. The summed E-state index contributed by atoms with van der Waals surface area (Å²) in [6, 6.07) is 1.53. The Morgan fingerprint density at radius 2 is 1.82 bits per heavy atom. The lowest BCUT2D eigenvalue weighted by atomic mass is 10.00. The van der Waals surface area contributed by atoms with Crippen LogP contribution in [0.5, 0.6) is 0 Å². The normalized spacial score (nSPS) is 30.7. The number of likely N-dealkylation sites (tertiary alicyclic amines) is 1. The molecular formula is C14H29N3. The summed E-state index contributed by atoms with van der Waals surface area (Å²) >= 11 is 0. The third-order valence-corrected chi connectivity index (χ3v) is 4.47. The molecule has 0 aromatic carbocycles. The van der Waals surface area contributed by atoms with Crippen LogP contribution in [0, 0.1) is 5.92 Å². The third kappa shape index (κ3) is 3.67. The highest BCUT2D eigenvalue weighted by atomic mass is 15.2. The van der Waals surface area contributed by atoms with Crippen molar-refractivity contribution in [2.24, 2.45) is 5.92 Å². The molecule has 0 aromatic rings. The van der Waals surface area contributed by atoms with Crippen LogP contribution in [0.3, 0.4) is 0 Å². The van der Waals surface area contributed by atoms with Crippen molar-refractivity contribution in [3.63, 3.8) is 0 Å². The molecule has 2 aliphatic heterocycles.